The molecule has 6 heteroatoms. The largest absolute Gasteiger partial charge is 0.355 e. The molecule has 1 amide bonds. The Hall–Kier alpha value is -2.99. The van der Waals surface area contributed by atoms with Gasteiger partial charge in [0, 0.05) is 16.5 Å². The summed E-state index contributed by atoms with van der Waals surface area (Å²) in [6.45, 7) is 1.89. The molecule has 0 fully saturated rings. The van der Waals surface area contributed by atoms with Gasteiger partial charge in [0.15, 0.2) is 10.9 Å². The molecule has 0 aliphatic rings. The lowest BCUT2D eigenvalue weighted by Crippen LogP contribution is -2.11. The monoisotopic (exact) mass is 335 g/mol. The van der Waals surface area contributed by atoms with Gasteiger partial charge < -0.3 is 4.52 Å². The topological polar surface area (TPSA) is 68.0 Å². The summed E-state index contributed by atoms with van der Waals surface area (Å²) in [5.41, 5.74) is 3.07. The van der Waals surface area contributed by atoms with Gasteiger partial charge in [-0.1, -0.05) is 35.5 Å². The van der Waals surface area contributed by atoms with Gasteiger partial charge in [-0.15, -0.1) is 11.3 Å². The number of thiazole rings is 1. The highest BCUT2D eigenvalue weighted by molar-refractivity contribution is 7.13. The van der Waals surface area contributed by atoms with E-state index in [9.17, 15) is 4.79 Å². The first-order valence-corrected chi connectivity index (χ1v) is 8.27. The van der Waals surface area contributed by atoms with Crippen LogP contribution in [-0.2, 0) is 0 Å². The average molecular weight is 335 g/mol. The number of benzene rings is 2. The second-order valence-electron chi connectivity index (χ2n) is 5.36. The van der Waals surface area contributed by atoms with E-state index in [4.69, 9.17) is 4.52 Å². The zero-order valence-electron chi connectivity index (χ0n) is 12.8. The molecule has 0 radical (unpaired) electrons. The molecule has 2 aromatic heterocycles. The number of hydrogen-bond acceptors (Lipinski definition) is 5. The van der Waals surface area contributed by atoms with Crippen LogP contribution in [0.1, 0.15) is 16.1 Å². The van der Waals surface area contributed by atoms with Gasteiger partial charge in [-0.25, -0.2) is 4.98 Å². The smallest absolute Gasteiger partial charge is 0.257 e. The lowest BCUT2D eigenvalue weighted by molar-refractivity contribution is 0.102. The molecule has 4 aromatic rings. The van der Waals surface area contributed by atoms with Crippen LogP contribution in [0.3, 0.4) is 0 Å². The molecule has 0 aliphatic carbocycles. The van der Waals surface area contributed by atoms with Crippen molar-refractivity contribution in [2.75, 3.05) is 5.32 Å². The number of aromatic nitrogens is 2. The fourth-order valence-electron chi connectivity index (χ4n) is 2.46. The minimum absolute atomic E-state index is 0.202. The van der Waals surface area contributed by atoms with Gasteiger partial charge >= 0.3 is 0 Å². The molecule has 24 heavy (non-hydrogen) atoms. The molecule has 118 valence electrons. The van der Waals surface area contributed by atoms with E-state index < -0.39 is 0 Å². The number of hydrogen-bond donors (Lipinski definition) is 1. The molecule has 2 aromatic carbocycles. The molecule has 0 atom stereocenters. The van der Waals surface area contributed by atoms with E-state index in [0.29, 0.717) is 16.5 Å². The number of fused-ring (bicyclic) bond motifs is 1. The number of amides is 1. The van der Waals surface area contributed by atoms with Crippen molar-refractivity contribution >= 4 is 33.3 Å². The van der Waals surface area contributed by atoms with E-state index in [1.807, 2.05) is 42.6 Å². The second kappa shape index (κ2) is 5.90. The maximum absolute atomic E-state index is 12.4. The summed E-state index contributed by atoms with van der Waals surface area (Å²) in [7, 11) is 0. The molecular formula is C18H13N3O2S. The van der Waals surface area contributed by atoms with Crippen molar-refractivity contribution in [3.8, 4) is 11.3 Å². The minimum atomic E-state index is -0.202. The van der Waals surface area contributed by atoms with Crippen molar-refractivity contribution in [1.29, 1.82) is 0 Å². The van der Waals surface area contributed by atoms with Crippen molar-refractivity contribution in [3.05, 3.63) is 65.2 Å². The Balaban J connectivity index is 1.71. The number of carbonyl (C=O) groups is 1. The van der Waals surface area contributed by atoms with Crippen molar-refractivity contribution in [2.45, 2.75) is 6.92 Å². The standard InChI is InChI=1S/C18H13N3O2S/c1-11-10-24-18(19-11)20-17(22)13-7-8-15-14(9-13)16(23-21-15)12-5-3-2-4-6-12/h2-10H,1H3,(H,19,20,22). The average Bonchev–Trinajstić information content (AvgIpc) is 3.21. The highest BCUT2D eigenvalue weighted by Crippen LogP contribution is 2.29. The lowest BCUT2D eigenvalue weighted by atomic mass is 10.1. The third-order valence-electron chi connectivity index (χ3n) is 3.61. The molecule has 5 nitrogen and oxygen atoms in total. The van der Waals surface area contributed by atoms with E-state index in [2.05, 4.69) is 15.5 Å². The fraction of sp³-hybridized carbons (Fsp3) is 0.0556. The summed E-state index contributed by atoms with van der Waals surface area (Å²) < 4.78 is 5.47. The van der Waals surface area contributed by atoms with Crippen LogP contribution < -0.4 is 5.32 Å². The van der Waals surface area contributed by atoms with Crippen LogP contribution in [0, 0.1) is 6.92 Å². The third kappa shape index (κ3) is 2.68. The van der Waals surface area contributed by atoms with Gasteiger partial charge in [0.1, 0.15) is 5.52 Å². The van der Waals surface area contributed by atoms with Crippen LogP contribution in [0.15, 0.2) is 58.4 Å². The highest BCUT2D eigenvalue weighted by atomic mass is 32.1. The van der Waals surface area contributed by atoms with Crippen LogP contribution in [0.2, 0.25) is 0 Å². The Morgan fingerprint density at radius 3 is 2.75 bits per heavy atom. The van der Waals surface area contributed by atoms with E-state index in [1.54, 1.807) is 18.2 Å². The zero-order valence-corrected chi connectivity index (χ0v) is 13.6. The third-order valence-corrected chi connectivity index (χ3v) is 4.49. The normalized spacial score (nSPS) is 10.9. The van der Waals surface area contributed by atoms with Crippen LogP contribution in [0.4, 0.5) is 5.13 Å². The number of anilines is 1. The molecule has 0 bridgehead atoms. The van der Waals surface area contributed by atoms with Gasteiger partial charge in [-0.05, 0) is 25.1 Å². The predicted octanol–water partition coefficient (Wildman–Crippen LogP) is 4.51. The quantitative estimate of drug-likeness (QED) is 0.598. The van der Waals surface area contributed by atoms with E-state index in [1.165, 1.54) is 11.3 Å². The Kier molecular flexibility index (Phi) is 3.59. The molecule has 4 rings (SSSR count). The maximum Gasteiger partial charge on any atom is 0.257 e. The summed E-state index contributed by atoms with van der Waals surface area (Å²) in [6, 6.07) is 15.0. The molecule has 0 unspecified atom stereocenters. The van der Waals surface area contributed by atoms with Crippen molar-refractivity contribution in [3.63, 3.8) is 0 Å². The Labute approximate surface area is 141 Å². The number of aryl methyl sites for hydroxylation is 1. The summed E-state index contributed by atoms with van der Waals surface area (Å²) in [4.78, 5) is 16.7. The number of carbonyl (C=O) groups excluding carboxylic acids is 1. The van der Waals surface area contributed by atoms with Gasteiger partial charge in [0.05, 0.1) is 11.1 Å². The number of nitrogens with zero attached hydrogens (tertiary/aromatic N) is 2. The van der Waals surface area contributed by atoms with Crippen LogP contribution in [0.5, 0.6) is 0 Å². The van der Waals surface area contributed by atoms with Crippen LogP contribution in [-0.4, -0.2) is 16.0 Å². The van der Waals surface area contributed by atoms with Gasteiger partial charge in [0.25, 0.3) is 5.91 Å². The first-order chi connectivity index (χ1) is 11.7. The maximum atomic E-state index is 12.4. The first-order valence-electron chi connectivity index (χ1n) is 7.39. The minimum Gasteiger partial charge on any atom is -0.355 e. The van der Waals surface area contributed by atoms with Gasteiger partial charge in [-0.2, -0.15) is 0 Å². The summed E-state index contributed by atoms with van der Waals surface area (Å²) in [5, 5.41) is 10.2. The Bertz CT molecular complexity index is 1020. The Morgan fingerprint density at radius 1 is 1.17 bits per heavy atom. The predicted molar refractivity (Wildman–Crippen MR) is 94.2 cm³/mol. The number of rotatable bonds is 3. The molecule has 0 saturated heterocycles. The lowest BCUT2D eigenvalue weighted by Gasteiger charge is -2.02. The van der Waals surface area contributed by atoms with E-state index in [0.717, 1.165) is 22.2 Å². The van der Waals surface area contributed by atoms with Crippen molar-refractivity contribution < 1.29 is 9.32 Å². The molecule has 0 saturated carbocycles. The van der Waals surface area contributed by atoms with Crippen molar-refractivity contribution in [1.82, 2.24) is 10.1 Å². The zero-order chi connectivity index (χ0) is 16.5. The Morgan fingerprint density at radius 2 is 2.00 bits per heavy atom. The summed E-state index contributed by atoms with van der Waals surface area (Å²) in [5.74, 6) is 0.455. The fourth-order valence-corrected chi connectivity index (χ4v) is 3.14. The SMILES string of the molecule is Cc1csc(NC(=O)c2ccc3noc(-c4ccccc4)c3c2)n1. The van der Waals surface area contributed by atoms with Gasteiger partial charge in [0.2, 0.25) is 0 Å². The second-order valence-corrected chi connectivity index (χ2v) is 6.22. The summed E-state index contributed by atoms with van der Waals surface area (Å²) in [6.07, 6.45) is 0. The van der Waals surface area contributed by atoms with Crippen LogP contribution >= 0.6 is 11.3 Å². The van der Waals surface area contributed by atoms with E-state index in [-0.39, 0.29) is 5.91 Å². The summed E-state index contributed by atoms with van der Waals surface area (Å²) >= 11 is 1.40. The van der Waals surface area contributed by atoms with Crippen LogP contribution in [0.25, 0.3) is 22.2 Å². The molecule has 2 heterocycles. The molecular weight excluding hydrogens is 322 g/mol. The highest BCUT2D eigenvalue weighted by Gasteiger charge is 2.14. The number of nitrogens with one attached hydrogen (secondary N) is 1. The van der Waals surface area contributed by atoms with E-state index >= 15 is 0 Å². The molecule has 0 spiro atoms. The first kappa shape index (κ1) is 14.6. The molecule has 1 N–H and O–H groups in total. The van der Waals surface area contributed by atoms with Crippen molar-refractivity contribution in [2.24, 2.45) is 0 Å². The van der Waals surface area contributed by atoms with Gasteiger partial charge in [-0.3, -0.25) is 10.1 Å². The molecule has 0 aliphatic heterocycles.